The number of sulfonamides is 1. The maximum atomic E-state index is 14.9. The number of amides is 2. The van der Waals surface area contributed by atoms with E-state index < -0.39 is 40.2 Å². The zero-order valence-corrected chi connectivity index (χ0v) is 25.9. The number of ether oxygens (including phenoxy) is 1. The standard InChI is InChI=1S/C33H33ClFN3O5S/c1-3-36-33(40)30(20-24-12-6-4-7-13-24)37(22-25-14-10-11-17-29(25)35)32(39)23-38(26-18-19-31(43-2)28(34)21-26)44(41,42)27-15-8-5-9-16-27/h4-19,21,30H,3,20,22-23H2,1-2H3,(H,36,40). The summed E-state index contributed by atoms with van der Waals surface area (Å²) in [4.78, 5) is 29.0. The van der Waals surface area contributed by atoms with E-state index >= 15 is 0 Å². The molecule has 0 aliphatic rings. The second-order valence-corrected chi connectivity index (χ2v) is 12.1. The van der Waals surface area contributed by atoms with Crippen molar-refractivity contribution in [2.45, 2.75) is 30.8 Å². The number of carbonyl (C=O) groups is 2. The topological polar surface area (TPSA) is 96.0 Å². The van der Waals surface area contributed by atoms with E-state index in [9.17, 15) is 22.4 Å². The van der Waals surface area contributed by atoms with Crippen LogP contribution >= 0.6 is 11.6 Å². The van der Waals surface area contributed by atoms with Gasteiger partial charge in [-0.25, -0.2) is 12.8 Å². The molecule has 0 saturated carbocycles. The first-order valence-corrected chi connectivity index (χ1v) is 15.7. The van der Waals surface area contributed by atoms with Crippen LogP contribution in [0.1, 0.15) is 18.1 Å². The van der Waals surface area contributed by atoms with E-state index in [1.165, 1.54) is 60.5 Å². The van der Waals surface area contributed by atoms with Crippen molar-refractivity contribution in [2.75, 3.05) is 24.5 Å². The fourth-order valence-electron chi connectivity index (χ4n) is 4.71. The van der Waals surface area contributed by atoms with Crippen LogP contribution in [0.4, 0.5) is 10.1 Å². The molecule has 0 bridgehead atoms. The highest BCUT2D eigenvalue weighted by Gasteiger charge is 2.35. The fraction of sp³-hybridized carbons (Fsp3) is 0.212. The van der Waals surface area contributed by atoms with Crippen LogP contribution in [0.3, 0.4) is 0 Å². The third kappa shape index (κ3) is 7.75. The molecule has 1 unspecified atom stereocenters. The summed E-state index contributed by atoms with van der Waals surface area (Å²) in [5, 5.41) is 2.91. The highest BCUT2D eigenvalue weighted by Crippen LogP contribution is 2.32. The molecule has 0 radical (unpaired) electrons. The number of hydrogen-bond acceptors (Lipinski definition) is 5. The summed E-state index contributed by atoms with van der Waals surface area (Å²) in [6.07, 6.45) is 0.118. The van der Waals surface area contributed by atoms with E-state index in [1.807, 2.05) is 30.3 Å². The minimum absolute atomic E-state index is 0.0510. The Labute approximate surface area is 262 Å². The molecule has 2 amide bonds. The number of rotatable bonds is 13. The first kappa shape index (κ1) is 32.5. The fourth-order valence-corrected chi connectivity index (χ4v) is 6.39. The molecule has 230 valence electrons. The van der Waals surface area contributed by atoms with Crippen LogP contribution in [0, 0.1) is 5.82 Å². The number of benzene rings is 4. The van der Waals surface area contributed by atoms with E-state index in [1.54, 1.807) is 31.2 Å². The summed E-state index contributed by atoms with van der Waals surface area (Å²) in [5.41, 5.74) is 1.05. The van der Waals surface area contributed by atoms with Crippen LogP contribution in [-0.2, 0) is 32.6 Å². The number of likely N-dealkylation sites (N-methyl/N-ethyl adjacent to an activating group) is 1. The lowest BCUT2D eigenvalue weighted by Crippen LogP contribution is -2.53. The summed E-state index contributed by atoms with van der Waals surface area (Å²) in [5.74, 6) is -1.41. The Morgan fingerprint density at radius 3 is 2.18 bits per heavy atom. The van der Waals surface area contributed by atoms with Crippen molar-refractivity contribution in [1.29, 1.82) is 0 Å². The highest BCUT2D eigenvalue weighted by atomic mass is 35.5. The summed E-state index contributed by atoms with van der Waals surface area (Å²) in [7, 11) is -2.88. The molecule has 0 aliphatic heterocycles. The molecule has 0 fully saturated rings. The van der Waals surface area contributed by atoms with Crippen molar-refractivity contribution >= 4 is 39.1 Å². The Kier molecular flexibility index (Phi) is 11.0. The van der Waals surface area contributed by atoms with E-state index in [-0.39, 0.29) is 34.1 Å². The van der Waals surface area contributed by atoms with Crippen molar-refractivity contribution in [2.24, 2.45) is 0 Å². The van der Waals surface area contributed by atoms with Gasteiger partial charge in [0.1, 0.15) is 24.2 Å². The van der Waals surface area contributed by atoms with Gasteiger partial charge < -0.3 is 15.0 Å². The van der Waals surface area contributed by atoms with E-state index in [0.29, 0.717) is 12.3 Å². The highest BCUT2D eigenvalue weighted by molar-refractivity contribution is 7.92. The molecule has 11 heteroatoms. The molecule has 1 N–H and O–H groups in total. The molecular weight excluding hydrogens is 605 g/mol. The molecule has 0 aliphatic carbocycles. The Morgan fingerprint density at radius 1 is 0.932 bits per heavy atom. The molecular formula is C33H33ClFN3O5S. The largest absolute Gasteiger partial charge is 0.495 e. The number of carbonyl (C=O) groups excluding carboxylic acids is 2. The number of methoxy groups -OCH3 is 1. The van der Waals surface area contributed by atoms with Gasteiger partial charge in [0, 0.05) is 25.1 Å². The molecule has 4 aromatic rings. The minimum atomic E-state index is -4.30. The lowest BCUT2D eigenvalue weighted by atomic mass is 10.0. The first-order chi connectivity index (χ1) is 21.1. The third-order valence-corrected chi connectivity index (χ3v) is 9.04. The number of nitrogens with zero attached hydrogens (tertiary/aromatic N) is 2. The minimum Gasteiger partial charge on any atom is -0.495 e. The van der Waals surface area contributed by atoms with E-state index in [4.69, 9.17) is 16.3 Å². The molecule has 0 aromatic heterocycles. The molecule has 44 heavy (non-hydrogen) atoms. The van der Waals surface area contributed by atoms with Crippen LogP contribution in [0.15, 0.2) is 108 Å². The predicted octanol–water partition coefficient (Wildman–Crippen LogP) is 5.46. The molecule has 1 atom stereocenters. The van der Waals surface area contributed by atoms with Gasteiger partial charge >= 0.3 is 0 Å². The molecule has 4 aromatic carbocycles. The van der Waals surface area contributed by atoms with Crippen molar-refractivity contribution in [1.82, 2.24) is 10.2 Å². The van der Waals surface area contributed by atoms with Crippen molar-refractivity contribution in [3.05, 3.63) is 125 Å². The second kappa shape index (κ2) is 14.9. The third-order valence-electron chi connectivity index (χ3n) is 6.95. The Balaban J connectivity index is 1.82. The van der Waals surface area contributed by atoms with Gasteiger partial charge in [-0.1, -0.05) is 78.3 Å². The smallest absolute Gasteiger partial charge is 0.264 e. The second-order valence-electron chi connectivity index (χ2n) is 9.86. The Morgan fingerprint density at radius 2 is 1.57 bits per heavy atom. The van der Waals surface area contributed by atoms with Gasteiger partial charge in [-0.2, -0.15) is 0 Å². The number of hydrogen-bond donors (Lipinski definition) is 1. The lowest BCUT2D eigenvalue weighted by molar-refractivity contribution is -0.140. The monoisotopic (exact) mass is 637 g/mol. The van der Waals surface area contributed by atoms with E-state index in [2.05, 4.69) is 5.32 Å². The summed E-state index contributed by atoms with van der Waals surface area (Å²) >= 11 is 6.37. The number of nitrogens with one attached hydrogen (secondary N) is 1. The van der Waals surface area contributed by atoms with Crippen molar-refractivity contribution < 1.29 is 27.1 Å². The number of halogens is 2. The van der Waals surface area contributed by atoms with Gasteiger partial charge in [-0.05, 0) is 48.9 Å². The van der Waals surface area contributed by atoms with Gasteiger partial charge in [0.05, 0.1) is 22.7 Å². The van der Waals surface area contributed by atoms with Gasteiger partial charge in [0.2, 0.25) is 11.8 Å². The number of anilines is 1. The van der Waals surface area contributed by atoms with Gasteiger partial charge in [0.25, 0.3) is 10.0 Å². The van der Waals surface area contributed by atoms with Gasteiger partial charge in [-0.3, -0.25) is 13.9 Å². The summed E-state index contributed by atoms with van der Waals surface area (Å²) in [6, 6.07) is 26.0. The van der Waals surface area contributed by atoms with Gasteiger partial charge in [0.15, 0.2) is 0 Å². The summed E-state index contributed by atoms with van der Waals surface area (Å²) in [6.45, 7) is 1.08. The average Bonchev–Trinajstić information content (AvgIpc) is 3.03. The van der Waals surface area contributed by atoms with Crippen molar-refractivity contribution in [3.63, 3.8) is 0 Å². The zero-order chi connectivity index (χ0) is 31.7. The summed E-state index contributed by atoms with van der Waals surface area (Å²) < 4.78 is 49.1. The quantitative estimate of drug-likeness (QED) is 0.210. The van der Waals surface area contributed by atoms with E-state index in [0.717, 1.165) is 9.87 Å². The Bertz CT molecular complexity index is 1690. The zero-order valence-electron chi connectivity index (χ0n) is 24.3. The van der Waals surface area contributed by atoms with Crippen LogP contribution in [-0.4, -0.2) is 51.4 Å². The molecule has 0 spiro atoms. The molecule has 0 saturated heterocycles. The van der Waals surface area contributed by atoms with Gasteiger partial charge in [-0.15, -0.1) is 0 Å². The Hall–Kier alpha value is -4.41. The molecule has 0 heterocycles. The van der Waals surface area contributed by atoms with Crippen LogP contribution in [0.5, 0.6) is 5.75 Å². The molecule has 8 nitrogen and oxygen atoms in total. The maximum absolute atomic E-state index is 14.9. The molecule has 4 rings (SSSR count). The van der Waals surface area contributed by atoms with Crippen LogP contribution in [0.2, 0.25) is 5.02 Å². The SMILES string of the molecule is CCNC(=O)C(Cc1ccccc1)N(Cc1ccccc1F)C(=O)CN(c1ccc(OC)c(Cl)c1)S(=O)(=O)c1ccccc1. The first-order valence-electron chi connectivity index (χ1n) is 13.9. The van der Waals surface area contributed by atoms with Crippen LogP contribution in [0.25, 0.3) is 0 Å². The predicted molar refractivity (Wildman–Crippen MR) is 169 cm³/mol. The normalized spacial score (nSPS) is 11.8. The van der Waals surface area contributed by atoms with Crippen LogP contribution < -0.4 is 14.4 Å². The van der Waals surface area contributed by atoms with Crippen molar-refractivity contribution in [3.8, 4) is 5.75 Å². The average molecular weight is 638 g/mol. The lowest BCUT2D eigenvalue weighted by Gasteiger charge is -2.34. The maximum Gasteiger partial charge on any atom is 0.264 e.